The Bertz CT molecular complexity index is 953. The molecule has 4 rings (SSSR count). The predicted molar refractivity (Wildman–Crippen MR) is 117 cm³/mol. The van der Waals surface area contributed by atoms with Gasteiger partial charge in [0, 0.05) is 45.8 Å². The fraction of sp³-hybridized carbons (Fsp3) is 0.417. The molecule has 2 aliphatic heterocycles. The lowest BCUT2D eigenvalue weighted by Gasteiger charge is -2.26. The topological polar surface area (TPSA) is 55.9 Å². The normalized spacial score (nSPS) is 19.8. The van der Waals surface area contributed by atoms with E-state index in [1.54, 1.807) is 29.2 Å². The summed E-state index contributed by atoms with van der Waals surface area (Å²) in [6.07, 6.45) is 1.54. The molecule has 2 aromatic carbocycles. The highest BCUT2D eigenvalue weighted by Gasteiger charge is 2.36. The first-order valence-electron chi connectivity index (χ1n) is 11.0. The molecule has 32 heavy (non-hydrogen) atoms. The van der Waals surface area contributed by atoms with Crippen LogP contribution in [0, 0.1) is 11.6 Å². The van der Waals surface area contributed by atoms with Gasteiger partial charge in [0.1, 0.15) is 11.6 Å². The van der Waals surface area contributed by atoms with Crippen molar-refractivity contribution >= 4 is 11.9 Å². The lowest BCUT2D eigenvalue weighted by atomic mass is 10.2. The maximum atomic E-state index is 13.3. The van der Waals surface area contributed by atoms with Crippen LogP contribution in [-0.4, -0.2) is 65.4 Å². The van der Waals surface area contributed by atoms with E-state index in [-0.39, 0.29) is 36.2 Å². The van der Waals surface area contributed by atoms with E-state index in [1.165, 1.54) is 24.3 Å². The number of likely N-dealkylation sites (tertiary alicyclic amines) is 1. The Morgan fingerprint density at radius 3 is 2.53 bits per heavy atom. The largest absolute Gasteiger partial charge is 0.337 e. The zero-order valence-electron chi connectivity index (χ0n) is 18.0. The van der Waals surface area contributed by atoms with E-state index < -0.39 is 0 Å². The van der Waals surface area contributed by atoms with Gasteiger partial charge in [0.2, 0.25) is 5.91 Å². The van der Waals surface area contributed by atoms with Gasteiger partial charge in [0.05, 0.1) is 6.04 Å². The number of carbonyl (C=O) groups excluding carboxylic acids is 2. The van der Waals surface area contributed by atoms with Gasteiger partial charge in [-0.05, 0) is 48.2 Å². The molecular weight excluding hydrogens is 414 g/mol. The van der Waals surface area contributed by atoms with Crippen LogP contribution in [0.2, 0.25) is 0 Å². The average molecular weight is 443 g/mol. The zero-order chi connectivity index (χ0) is 22.5. The molecule has 3 amide bonds. The summed E-state index contributed by atoms with van der Waals surface area (Å²) >= 11 is 0. The average Bonchev–Trinajstić information content (AvgIpc) is 2.99. The van der Waals surface area contributed by atoms with Crippen molar-refractivity contribution in [1.82, 2.24) is 20.0 Å². The van der Waals surface area contributed by atoms with Gasteiger partial charge in [0.25, 0.3) is 0 Å². The van der Waals surface area contributed by atoms with E-state index in [0.29, 0.717) is 38.3 Å². The van der Waals surface area contributed by atoms with Crippen LogP contribution in [0.3, 0.4) is 0 Å². The van der Waals surface area contributed by atoms with Gasteiger partial charge in [-0.15, -0.1) is 0 Å². The summed E-state index contributed by atoms with van der Waals surface area (Å²) in [6, 6.07) is 12.1. The van der Waals surface area contributed by atoms with Gasteiger partial charge in [-0.2, -0.15) is 0 Å². The summed E-state index contributed by atoms with van der Waals surface area (Å²) < 4.78 is 26.4. The Labute approximate surface area is 186 Å². The Hall–Kier alpha value is -3.00. The van der Waals surface area contributed by atoms with Crippen molar-refractivity contribution in [2.45, 2.75) is 32.0 Å². The predicted octanol–water partition coefficient (Wildman–Crippen LogP) is 2.98. The maximum Gasteiger partial charge on any atom is 0.317 e. The van der Waals surface area contributed by atoms with E-state index >= 15 is 0 Å². The first-order chi connectivity index (χ1) is 15.5. The van der Waals surface area contributed by atoms with Crippen LogP contribution >= 0.6 is 0 Å². The van der Waals surface area contributed by atoms with Crippen molar-refractivity contribution in [1.29, 1.82) is 0 Å². The molecule has 170 valence electrons. The molecule has 2 aliphatic rings. The van der Waals surface area contributed by atoms with Gasteiger partial charge in [-0.25, -0.2) is 13.6 Å². The molecule has 2 fully saturated rings. The standard InChI is InChI=1S/C24H28F2N4O2/c25-20-7-5-18(6-8-20)17-30-12-9-22(23(30)31)28-10-2-11-29(14-13-28)24(32)27-16-19-3-1-4-21(26)15-19/h1,3-8,15,22H,2,9-14,16-17H2,(H,27,32)/t22-/m1/s1. The number of benzene rings is 2. The number of nitrogens with one attached hydrogen (secondary N) is 1. The minimum atomic E-state index is -0.322. The van der Waals surface area contributed by atoms with Crippen molar-refractivity contribution in [2.75, 3.05) is 32.7 Å². The van der Waals surface area contributed by atoms with Crippen LogP contribution in [-0.2, 0) is 17.9 Å². The SMILES string of the molecule is O=C(NCc1cccc(F)c1)N1CCCN([C@@H]2CCN(Cc3ccc(F)cc3)C2=O)CC1. The van der Waals surface area contributed by atoms with Gasteiger partial charge in [0.15, 0.2) is 0 Å². The summed E-state index contributed by atoms with van der Waals surface area (Å²) in [4.78, 5) is 31.3. The number of nitrogens with zero attached hydrogens (tertiary/aromatic N) is 3. The first-order valence-corrected chi connectivity index (χ1v) is 11.0. The Balaban J connectivity index is 1.27. The molecule has 1 N–H and O–H groups in total. The molecule has 2 saturated heterocycles. The molecule has 0 aromatic heterocycles. The third-order valence-corrected chi connectivity index (χ3v) is 6.15. The summed E-state index contributed by atoms with van der Waals surface area (Å²) in [5.41, 5.74) is 1.63. The lowest BCUT2D eigenvalue weighted by molar-refractivity contribution is -0.132. The molecule has 0 aliphatic carbocycles. The highest BCUT2D eigenvalue weighted by atomic mass is 19.1. The Morgan fingerprint density at radius 1 is 0.938 bits per heavy atom. The van der Waals surface area contributed by atoms with Crippen LogP contribution in [0.1, 0.15) is 24.0 Å². The zero-order valence-corrected chi connectivity index (χ0v) is 18.0. The molecule has 0 radical (unpaired) electrons. The number of amides is 3. The molecule has 0 saturated carbocycles. The quantitative estimate of drug-likeness (QED) is 0.775. The Kier molecular flexibility index (Phi) is 6.99. The van der Waals surface area contributed by atoms with Crippen LogP contribution < -0.4 is 5.32 Å². The van der Waals surface area contributed by atoms with E-state index in [1.807, 2.05) is 4.90 Å². The van der Waals surface area contributed by atoms with Gasteiger partial charge < -0.3 is 15.1 Å². The highest BCUT2D eigenvalue weighted by molar-refractivity contribution is 5.84. The molecular formula is C24H28F2N4O2. The van der Waals surface area contributed by atoms with Gasteiger partial charge >= 0.3 is 6.03 Å². The number of carbonyl (C=O) groups is 2. The van der Waals surface area contributed by atoms with Crippen LogP contribution in [0.15, 0.2) is 48.5 Å². The lowest BCUT2D eigenvalue weighted by Crippen LogP contribution is -2.45. The third kappa shape index (κ3) is 5.43. The molecule has 6 nitrogen and oxygen atoms in total. The van der Waals surface area contributed by atoms with Crippen molar-refractivity contribution in [3.8, 4) is 0 Å². The van der Waals surface area contributed by atoms with Crippen LogP contribution in [0.25, 0.3) is 0 Å². The second-order valence-corrected chi connectivity index (χ2v) is 8.36. The molecule has 1 atom stereocenters. The smallest absolute Gasteiger partial charge is 0.317 e. The monoisotopic (exact) mass is 442 g/mol. The van der Waals surface area contributed by atoms with Crippen LogP contribution in [0.5, 0.6) is 0 Å². The number of hydrogen-bond donors (Lipinski definition) is 1. The number of rotatable bonds is 5. The second kappa shape index (κ2) is 10.1. The number of urea groups is 1. The molecule has 0 unspecified atom stereocenters. The van der Waals surface area contributed by atoms with Crippen molar-refractivity contribution in [3.63, 3.8) is 0 Å². The molecule has 2 heterocycles. The minimum absolute atomic E-state index is 0.0957. The highest BCUT2D eigenvalue weighted by Crippen LogP contribution is 2.21. The first kappa shape index (κ1) is 22.2. The summed E-state index contributed by atoms with van der Waals surface area (Å²) in [7, 11) is 0. The molecule has 0 spiro atoms. The minimum Gasteiger partial charge on any atom is -0.337 e. The van der Waals surface area contributed by atoms with E-state index in [9.17, 15) is 18.4 Å². The number of hydrogen-bond acceptors (Lipinski definition) is 3. The fourth-order valence-electron chi connectivity index (χ4n) is 4.42. The van der Waals surface area contributed by atoms with E-state index in [0.717, 1.165) is 24.9 Å². The van der Waals surface area contributed by atoms with Gasteiger partial charge in [-0.1, -0.05) is 24.3 Å². The summed E-state index contributed by atoms with van der Waals surface area (Å²) in [6.45, 7) is 3.98. The molecule has 8 heteroatoms. The van der Waals surface area contributed by atoms with Crippen molar-refractivity contribution in [2.24, 2.45) is 0 Å². The molecule has 0 bridgehead atoms. The second-order valence-electron chi connectivity index (χ2n) is 8.36. The van der Waals surface area contributed by atoms with Gasteiger partial charge in [-0.3, -0.25) is 9.69 Å². The van der Waals surface area contributed by atoms with Crippen molar-refractivity contribution < 1.29 is 18.4 Å². The summed E-state index contributed by atoms with van der Waals surface area (Å²) in [5, 5.41) is 2.86. The third-order valence-electron chi connectivity index (χ3n) is 6.15. The Morgan fingerprint density at radius 2 is 1.75 bits per heavy atom. The van der Waals surface area contributed by atoms with Crippen LogP contribution in [0.4, 0.5) is 13.6 Å². The summed E-state index contributed by atoms with van der Waals surface area (Å²) in [5.74, 6) is -0.510. The maximum absolute atomic E-state index is 13.3. The fourth-order valence-corrected chi connectivity index (χ4v) is 4.42. The van der Waals surface area contributed by atoms with E-state index in [4.69, 9.17) is 0 Å². The number of halogens is 2. The van der Waals surface area contributed by atoms with E-state index in [2.05, 4.69) is 10.2 Å². The van der Waals surface area contributed by atoms with Crippen molar-refractivity contribution in [3.05, 3.63) is 71.3 Å². The molecule has 2 aromatic rings.